The molecule has 3 rings (SSSR count). The van der Waals surface area contributed by atoms with Crippen LogP contribution in [0.3, 0.4) is 0 Å². The van der Waals surface area contributed by atoms with Gasteiger partial charge in [0, 0.05) is 32.6 Å². The molecular weight excluding hydrogens is 348 g/mol. The van der Waals surface area contributed by atoms with Crippen LogP contribution in [0.1, 0.15) is 50.5 Å². The molecule has 0 radical (unpaired) electrons. The Morgan fingerprint density at radius 2 is 1.69 bits per heavy atom. The number of carbonyl (C=O) groups is 1. The van der Waals surface area contributed by atoms with Crippen molar-refractivity contribution in [2.24, 2.45) is 5.92 Å². The highest BCUT2D eigenvalue weighted by atomic mass is 32.2. The van der Waals surface area contributed by atoms with Crippen molar-refractivity contribution in [2.45, 2.75) is 56.8 Å². The molecule has 144 valence electrons. The van der Waals surface area contributed by atoms with Crippen LogP contribution in [0.4, 0.5) is 0 Å². The molecule has 2 heterocycles. The van der Waals surface area contributed by atoms with Crippen molar-refractivity contribution in [1.29, 1.82) is 0 Å². The minimum atomic E-state index is -3.41. The Kier molecular flexibility index (Phi) is 6.35. The number of hydrogen-bond acceptors (Lipinski definition) is 3. The Morgan fingerprint density at radius 1 is 1.04 bits per heavy atom. The molecule has 1 aromatic rings. The Balaban J connectivity index is 1.49. The van der Waals surface area contributed by atoms with E-state index in [2.05, 4.69) is 0 Å². The maximum atomic E-state index is 12.9. The third kappa shape index (κ3) is 4.46. The number of likely N-dealkylation sites (tertiary alicyclic amines) is 1. The summed E-state index contributed by atoms with van der Waals surface area (Å²) >= 11 is 0. The zero-order valence-electron chi connectivity index (χ0n) is 15.7. The molecule has 0 unspecified atom stereocenters. The number of amides is 1. The zero-order chi connectivity index (χ0) is 18.6. The fourth-order valence-electron chi connectivity index (χ4n) is 4.05. The number of rotatable bonds is 5. The fourth-order valence-corrected chi connectivity index (χ4v) is 5.75. The molecule has 26 heavy (non-hydrogen) atoms. The van der Waals surface area contributed by atoms with Gasteiger partial charge in [-0.15, -0.1) is 0 Å². The molecule has 0 bridgehead atoms. The first-order chi connectivity index (χ1) is 12.5. The average molecular weight is 379 g/mol. The van der Waals surface area contributed by atoms with E-state index in [0.29, 0.717) is 30.3 Å². The Hall–Kier alpha value is -1.40. The van der Waals surface area contributed by atoms with Gasteiger partial charge in [0.1, 0.15) is 0 Å². The molecule has 1 amide bonds. The first-order valence-corrected chi connectivity index (χ1v) is 11.3. The number of sulfonamides is 1. The third-order valence-corrected chi connectivity index (χ3v) is 7.82. The van der Waals surface area contributed by atoms with Gasteiger partial charge in [0.25, 0.3) is 0 Å². The van der Waals surface area contributed by atoms with Crippen LogP contribution in [0.2, 0.25) is 0 Å². The molecular formula is C20H30N2O3S. The molecule has 0 spiro atoms. The lowest BCUT2D eigenvalue weighted by molar-refractivity contribution is -0.132. The first-order valence-electron chi connectivity index (χ1n) is 9.82. The lowest BCUT2D eigenvalue weighted by atomic mass is 9.93. The summed E-state index contributed by atoms with van der Waals surface area (Å²) in [4.78, 5) is 14.7. The SMILES string of the molecule is Cc1ccccc1S(=O)(=O)N1CCC(CCC(=O)N2CCCCC2)CC1. The highest BCUT2D eigenvalue weighted by Gasteiger charge is 2.30. The van der Waals surface area contributed by atoms with Crippen LogP contribution in [0.5, 0.6) is 0 Å². The standard InChI is InChI=1S/C20H30N2O3S/c1-17-7-3-4-8-19(17)26(24,25)22-15-11-18(12-16-22)9-10-20(23)21-13-5-2-6-14-21/h3-4,7-8,18H,2,5-6,9-16H2,1H3. The van der Waals surface area contributed by atoms with E-state index >= 15 is 0 Å². The molecule has 2 aliphatic heterocycles. The van der Waals surface area contributed by atoms with E-state index in [-0.39, 0.29) is 5.91 Å². The lowest BCUT2D eigenvalue weighted by Gasteiger charge is -2.32. The molecule has 6 heteroatoms. The van der Waals surface area contributed by atoms with Crippen molar-refractivity contribution >= 4 is 15.9 Å². The van der Waals surface area contributed by atoms with Crippen LogP contribution >= 0.6 is 0 Å². The number of carbonyl (C=O) groups excluding carboxylic acids is 1. The van der Waals surface area contributed by atoms with Crippen molar-refractivity contribution in [3.8, 4) is 0 Å². The van der Waals surface area contributed by atoms with Gasteiger partial charge in [-0.05, 0) is 63.0 Å². The molecule has 0 aliphatic carbocycles. The summed E-state index contributed by atoms with van der Waals surface area (Å²) in [5, 5.41) is 0. The van der Waals surface area contributed by atoms with E-state index in [4.69, 9.17) is 0 Å². The highest BCUT2D eigenvalue weighted by molar-refractivity contribution is 7.89. The molecule has 0 aromatic heterocycles. The molecule has 0 atom stereocenters. The summed E-state index contributed by atoms with van der Waals surface area (Å²) < 4.78 is 27.3. The van der Waals surface area contributed by atoms with Gasteiger partial charge in [-0.3, -0.25) is 4.79 Å². The van der Waals surface area contributed by atoms with Gasteiger partial charge in [-0.25, -0.2) is 8.42 Å². The molecule has 2 fully saturated rings. The van der Waals surface area contributed by atoms with Gasteiger partial charge in [0.15, 0.2) is 0 Å². The summed E-state index contributed by atoms with van der Waals surface area (Å²) in [6.45, 7) is 4.77. The predicted octanol–water partition coefficient (Wildman–Crippen LogP) is 3.19. The van der Waals surface area contributed by atoms with Gasteiger partial charge < -0.3 is 4.90 Å². The summed E-state index contributed by atoms with van der Waals surface area (Å²) in [6.07, 6.45) is 6.67. The molecule has 0 saturated carbocycles. The molecule has 5 nitrogen and oxygen atoms in total. The molecule has 2 aliphatic rings. The second kappa shape index (κ2) is 8.53. The lowest BCUT2D eigenvalue weighted by Crippen LogP contribution is -2.39. The summed E-state index contributed by atoms with van der Waals surface area (Å²) in [5.74, 6) is 0.728. The number of aryl methyl sites for hydroxylation is 1. The average Bonchev–Trinajstić information content (AvgIpc) is 2.67. The second-order valence-electron chi connectivity index (χ2n) is 7.59. The largest absolute Gasteiger partial charge is 0.343 e. The van der Waals surface area contributed by atoms with E-state index in [1.54, 1.807) is 16.4 Å². The molecule has 1 aromatic carbocycles. The molecule has 0 N–H and O–H groups in total. The van der Waals surface area contributed by atoms with Crippen LogP contribution in [-0.2, 0) is 14.8 Å². The number of piperidine rings is 2. The third-order valence-electron chi connectivity index (χ3n) is 5.76. The van der Waals surface area contributed by atoms with Gasteiger partial charge in [0.2, 0.25) is 15.9 Å². The van der Waals surface area contributed by atoms with E-state index in [1.807, 2.05) is 24.0 Å². The van der Waals surface area contributed by atoms with Crippen molar-refractivity contribution in [2.75, 3.05) is 26.2 Å². The summed E-state index contributed by atoms with van der Waals surface area (Å²) in [6, 6.07) is 7.17. The smallest absolute Gasteiger partial charge is 0.243 e. The number of nitrogens with zero attached hydrogens (tertiary/aromatic N) is 2. The first kappa shape index (κ1) is 19.4. The monoisotopic (exact) mass is 378 g/mol. The van der Waals surface area contributed by atoms with E-state index in [0.717, 1.165) is 50.8 Å². The van der Waals surface area contributed by atoms with Gasteiger partial charge >= 0.3 is 0 Å². The van der Waals surface area contributed by atoms with Gasteiger partial charge in [0.05, 0.1) is 4.90 Å². The van der Waals surface area contributed by atoms with Gasteiger partial charge in [-0.2, -0.15) is 4.31 Å². The van der Waals surface area contributed by atoms with Crippen LogP contribution in [-0.4, -0.2) is 49.7 Å². The van der Waals surface area contributed by atoms with Crippen LogP contribution in [0.15, 0.2) is 29.2 Å². The van der Waals surface area contributed by atoms with Crippen LogP contribution in [0.25, 0.3) is 0 Å². The maximum absolute atomic E-state index is 12.9. The minimum Gasteiger partial charge on any atom is -0.343 e. The fraction of sp³-hybridized carbons (Fsp3) is 0.650. The Labute approximate surface area is 157 Å². The second-order valence-corrected chi connectivity index (χ2v) is 9.50. The highest BCUT2D eigenvalue weighted by Crippen LogP contribution is 2.28. The quantitative estimate of drug-likeness (QED) is 0.791. The maximum Gasteiger partial charge on any atom is 0.243 e. The van der Waals surface area contributed by atoms with Crippen molar-refractivity contribution < 1.29 is 13.2 Å². The predicted molar refractivity (Wildman–Crippen MR) is 102 cm³/mol. The number of hydrogen-bond donors (Lipinski definition) is 0. The summed E-state index contributed by atoms with van der Waals surface area (Å²) in [5.41, 5.74) is 0.793. The van der Waals surface area contributed by atoms with E-state index in [1.165, 1.54) is 6.42 Å². The van der Waals surface area contributed by atoms with Crippen LogP contribution < -0.4 is 0 Å². The van der Waals surface area contributed by atoms with E-state index < -0.39 is 10.0 Å². The number of benzene rings is 1. The van der Waals surface area contributed by atoms with Crippen molar-refractivity contribution in [1.82, 2.24) is 9.21 Å². The molecule has 2 saturated heterocycles. The van der Waals surface area contributed by atoms with Gasteiger partial charge in [-0.1, -0.05) is 18.2 Å². The minimum absolute atomic E-state index is 0.277. The Morgan fingerprint density at radius 3 is 2.35 bits per heavy atom. The van der Waals surface area contributed by atoms with Crippen LogP contribution in [0, 0.1) is 12.8 Å². The van der Waals surface area contributed by atoms with E-state index in [9.17, 15) is 13.2 Å². The van der Waals surface area contributed by atoms with Crippen molar-refractivity contribution in [3.05, 3.63) is 29.8 Å². The Bertz CT molecular complexity index is 718. The topological polar surface area (TPSA) is 57.7 Å². The normalized spacial score (nSPS) is 20.3. The zero-order valence-corrected chi connectivity index (χ0v) is 16.5. The summed E-state index contributed by atoms with van der Waals surface area (Å²) in [7, 11) is -3.41. The van der Waals surface area contributed by atoms with Crippen molar-refractivity contribution in [3.63, 3.8) is 0 Å².